The molecule has 0 amide bonds. The molecule has 4 heteroatoms. The topological polar surface area (TPSA) is 65.1 Å². The van der Waals surface area contributed by atoms with E-state index in [0.29, 0.717) is 17.3 Å². The molecule has 0 radical (unpaired) electrons. The molecule has 96 valence electrons. The Labute approximate surface area is 108 Å². The van der Waals surface area contributed by atoms with Crippen LogP contribution in [0.3, 0.4) is 0 Å². The molecule has 2 rings (SSSR count). The molecule has 0 saturated carbocycles. The van der Waals surface area contributed by atoms with Crippen LogP contribution < -0.4 is 11.1 Å². The molecule has 1 atom stereocenters. The van der Waals surface area contributed by atoms with E-state index in [1.807, 2.05) is 6.07 Å². The van der Waals surface area contributed by atoms with Crippen molar-refractivity contribution in [1.82, 2.24) is 4.90 Å². The highest BCUT2D eigenvalue weighted by atomic mass is 15.2. The third-order valence-corrected chi connectivity index (χ3v) is 3.53. The van der Waals surface area contributed by atoms with Crippen LogP contribution in [0.2, 0.25) is 0 Å². The number of nitrogens with zero attached hydrogens (tertiary/aromatic N) is 2. The molecule has 1 heterocycles. The van der Waals surface area contributed by atoms with Crippen molar-refractivity contribution in [3.05, 3.63) is 23.8 Å². The lowest BCUT2D eigenvalue weighted by molar-refractivity contribution is 0.269. The summed E-state index contributed by atoms with van der Waals surface area (Å²) in [6.45, 7) is 5.52. The SMILES string of the molecule is CC(CNc1ccc(C#N)cc1N)N1CCCC1. The summed E-state index contributed by atoms with van der Waals surface area (Å²) in [7, 11) is 0. The number of hydrogen-bond donors (Lipinski definition) is 2. The van der Waals surface area contributed by atoms with E-state index in [-0.39, 0.29) is 0 Å². The average Bonchev–Trinajstić information content (AvgIpc) is 2.90. The Bertz CT molecular complexity index is 444. The van der Waals surface area contributed by atoms with Crippen LogP contribution in [-0.2, 0) is 0 Å². The molecule has 1 unspecified atom stereocenters. The fourth-order valence-corrected chi connectivity index (χ4v) is 2.36. The third-order valence-electron chi connectivity index (χ3n) is 3.53. The lowest BCUT2D eigenvalue weighted by atomic mass is 10.2. The number of benzene rings is 1. The molecular weight excluding hydrogens is 224 g/mol. The fourth-order valence-electron chi connectivity index (χ4n) is 2.36. The number of nitriles is 1. The summed E-state index contributed by atoms with van der Waals surface area (Å²) >= 11 is 0. The van der Waals surface area contributed by atoms with Gasteiger partial charge in [-0.2, -0.15) is 5.26 Å². The lowest BCUT2D eigenvalue weighted by Crippen LogP contribution is -2.35. The maximum Gasteiger partial charge on any atom is 0.0992 e. The van der Waals surface area contributed by atoms with Crippen molar-refractivity contribution in [2.45, 2.75) is 25.8 Å². The summed E-state index contributed by atoms with van der Waals surface area (Å²) in [6.07, 6.45) is 2.62. The highest BCUT2D eigenvalue weighted by Gasteiger charge is 2.17. The van der Waals surface area contributed by atoms with E-state index in [1.54, 1.807) is 12.1 Å². The molecule has 18 heavy (non-hydrogen) atoms. The van der Waals surface area contributed by atoms with E-state index in [1.165, 1.54) is 25.9 Å². The van der Waals surface area contributed by atoms with E-state index in [4.69, 9.17) is 11.0 Å². The second kappa shape index (κ2) is 5.74. The molecule has 0 aliphatic carbocycles. The van der Waals surface area contributed by atoms with Crippen LogP contribution >= 0.6 is 0 Å². The van der Waals surface area contributed by atoms with Crippen molar-refractivity contribution >= 4 is 11.4 Å². The summed E-state index contributed by atoms with van der Waals surface area (Å²) in [5.74, 6) is 0. The van der Waals surface area contributed by atoms with Crippen LogP contribution in [0.4, 0.5) is 11.4 Å². The molecule has 1 aromatic rings. The Balaban J connectivity index is 1.91. The molecule has 3 N–H and O–H groups in total. The van der Waals surface area contributed by atoms with Crippen LogP contribution in [-0.4, -0.2) is 30.6 Å². The van der Waals surface area contributed by atoms with Gasteiger partial charge in [0.05, 0.1) is 23.0 Å². The normalized spacial score (nSPS) is 17.3. The van der Waals surface area contributed by atoms with Crippen LogP contribution in [0, 0.1) is 11.3 Å². The number of nitrogens with two attached hydrogens (primary N) is 1. The molecule has 1 aromatic carbocycles. The van der Waals surface area contributed by atoms with Gasteiger partial charge in [-0.05, 0) is 51.1 Å². The number of anilines is 2. The van der Waals surface area contributed by atoms with Gasteiger partial charge in [-0.15, -0.1) is 0 Å². The van der Waals surface area contributed by atoms with Crippen molar-refractivity contribution < 1.29 is 0 Å². The van der Waals surface area contributed by atoms with Crippen molar-refractivity contribution in [2.24, 2.45) is 0 Å². The van der Waals surface area contributed by atoms with Crippen molar-refractivity contribution in [3.8, 4) is 6.07 Å². The highest BCUT2D eigenvalue weighted by molar-refractivity contribution is 5.68. The van der Waals surface area contributed by atoms with Crippen molar-refractivity contribution in [2.75, 3.05) is 30.7 Å². The first kappa shape index (κ1) is 12.7. The van der Waals surface area contributed by atoms with Crippen LogP contribution in [0.5, 0.6) is 0 Å². The number of nitrogen functional groups attached to an aromatic ring is 1. The molecule has 0 aromatic heterocycles. The standard InChI is InChI=1S/C14H20N4/c1-11(18-6-2-3-7-18)10-17-14-5-4-12(9-15)8-13(14)16/h4-5,8,11,17H,2-3,6-7,10,16H2,1H3. The van der Waals surface area contributed by atoms with E-state index in [2.05, 4.69) is 23.2 Å². The predicted molar refractivity (Wildman–Crippen MR) is 74.3 cm³/mol. The number of nitrogens with one attached hydrogen (secondary N) is 1. The van der Waals surface area contributed by atoms with Crippen LogP contribution in [0.25, 0.3) is 0 Å². The van der Waals surface area contributed by atoms with Gasteiger partial charge in [0.25, 0.3) is 0 Å². The zero-order valence-corrected chi connectivity index (χ0v) is 10.8. The quantitative estimate of drug-likeness (QED) is 0.795. The summed E-state index contributed by atoms with van der Waals surface area (Å²) in [4.78, 5) is 2.49. The zero-order valence-electron chi connectivity index (χ0n) is 10.8. The van der Waals surface area contributed by atoms with Crippen LogP contribution in [0.15, 0.2) is 18.2 Å². The fraction of sp³-hybridized carbons (Fsp3) is 0.500. The monoisotopic (exact) mass is 244 g/mol. The Morgan fingerprint density at radius 3 is 2.78 bits per heavy atom. The minimum absolute atomic E-state index is 0.516. The van der Waals surface area contributed by atoms with E-state index in [0.717, 1.165) is 12.2 Å². The summed E-state index contributed by atoms with van der Waals surface area (Å²) in [6, 6.07) is 7.99. The highest BCUT2D eigenvalue weighted by Crippen LogP contribution is 2.20. The molecule has 1 aliphatic rings. The van der Waals surface area contributed by atoms with E-state index < -0.39 is 0 Å². The first-order valence-corrected chi connectivity index (χ1v) is 6.48. The van der Waals surface area contributed by atoms with Gasteiger partial charge in [0, 0.05) is 12.6 Å². The Kier molecular flexibility index (Phi) is 4.06. The molecule has 0 bridgehead atoms. The zero-order chi connectivity index (χ0) is 13.0. The molecule has 1 aliphatic heterocycles. The molecule has 0 spiro atoms. The van der Waals surface area contributed by atoms with Gasteiger partial charge in [0.15, 0.2) is 0 Å². The van der Waals surface area contributed by atoms with Gasteiger partial charge in [-0.1, -0.05) is 0 Å². The van der Waals surface area contributed by atoms with Gasteiger partial charge in [-0.25, -0.2) is 0 Å². The van der Waals surface area contributed by atoms with Gasteiger partial charge < -0.3 is 11.1 Å². The maximum absolute atomic E-state index is 8.78. The molecule has 1 fully saturated rings. The van der Waals surface area contributed by atoms with Gasteiger partial charge in [-0.3, -0.25) is 4.90 Å². The number of likely N-dealkylation sites (tertiary alicyclic amines) is 1. The Hall–Kier alpha value is -1.73. The predicted octanol–water partition coefficient (Wildman–Crippen LogP) is 2.04. The second-order valence-corrected chi connectivity index (χ2v) is 4.89. The Morgan fingerprint density at radius 2 is 2.17 bits per heavy atom. The molecule has 4 nitrogen and oxygen atoms in total. The average molecular weight is 244 g/mol. The van der Waals surface area contributed by atoms with E-state index in [9.17, 15) is 0 Å². The minimum atomic E-state index is 0.516. The molecular formula is C14H20N4. The van der Waals surface area contributed by atoms with Crippen LogP contribution in [0.1, 0.15) is 25.3 Å². The number of hydrogen-bond acceptors (Lipinski definition) is 4. The number of rotatable bonds is 4. The first-order chi connectivity index (χ1) is 8.70. The van der Waals surface area contributed by atoms with Crippen molar-refractivity contribution in [3.63, 3.8) is 0 Å². The third kappa shape index (κ3) is 2.93. The first-order valence-electron chi connectivity index (χ1n) is 6.48. The smallest absolute Gasteiger partial charge is 0.0992 e. The summed E-state index contributed by atoms with van der Waals surface area (Å²) in [5.41, 5.74) is 8.07. The summed E-state index contributed by atoms with van der Waals surface area (Å²) < 4.78 is 0. The molecule has 1 saturated heterocycles. The minimum Gasteiger partial charge on any atom is -0.397 e. The van der Waals surface area contributed by atoms with Gasteiger partial charge in [0.2, 0.25) is 0 Å². The maximum atomic E-state index is 8.78. The van der Waals surface area contributed by atoms with Gasteiger partial charge in [0.1, 0.15) is 0 Å². The lowest BCUT2D eigenvalue weighted by Gasteiger charge is -2.24. The van der Waals surface area contributed by atoms with Crippen molar-refractivity contribution in [1.29, 1.82) is 5.26 Å². The Morgan fingerprint density at radius 1 is 1.44 bits per heavy atom. The second-order valence-electron chi connectivity index (χ2n) is 4.89. The summed E-state index contributed by atoms with van der Waals surface area (Å²) in [5, 5.41) is 12.1. The van der Waals surface area contributed by atoms with E-state index >= 15 is 0 Å². The van der Waals surface area contributed by atoms with Gasteiger partial charge >= 0.3 is 0 Å². The largest absolute Gasteiger partial charge is 0.397 e.